The van der Waals surface area contributed by atoms with Gasteiger partial charge in [0.25, 0.3) is 0 Å². The molecule has 2 nitrogen and oxygen atoms in total. The van der Waals surface area contributed by atoms with Gasteiger partial charge < -0.3 is 10.1 Å². The van der Waals surface area contributed by atoms with Crippen LogP contribution in [0.25, 0.3) is 0 Å². The maximum absolute atomic E-state index is 5.43. The molecule has 0 amide bonds. The van der Waals surface area contributed by atoms with Gasteiger partial charge in [-0.2, -0.15) is 0 Å². The van der Waals surface area contributed by atoms with Crippen LogP contribution in [0.1, 0.15) is 37.8 Å². The number of nitrogens with one attached hydrogen (secondary N) is 1. The van der Waals surface area contributed by atoms with Crippen LogP contribution >= 0.6 is 0 Å². The summed E-state index contributed by atoms with van der Waals surface area (Å²) in [5, 5.41) is 3.58. The molecule has 1 aromatic carbocycles. The predicted octanol–water partition coefficient (Wildman–Crippen LogP) is 3.15. The molecular formula is C15H23NO. The molecule has 94 valence electrons. The highest BCUT2D eigenvalue weighted by Crippen LogP contribution is 2.24. The minimum atomic E-state index is 0.502. The molecule has 2 heteroatoms. The first-order valence-electron chi connectivity index (χ1n) is 6.76. The first-order valence-corrected chi connectivity index (χ1v) is 6.76. The molecule has 2 rings (SSSR count). The standard InChI is InChI=1S/C15H23NO/c1-2-16-15(14-6-4-3-5-7-14)9-8-13-10-11-17-12-13/h3-7,13,15-16H,2,8-12H2,1H3. The van der Waals surface area contributed by atoms with E-state index in [9.17, 15) is 0 Å². The molecule has 17 heavy (non-hydrogen) atoms. The molecular weight excluding hydrogens is 210 g/mol. The highest BCUT2D eigenvalue weighted by Gasteiger charge is 2.18. The fourth-order valence-corrected chi connectivity index (χ4v) is 2.53. The van der Waals surface area contributed by atoms with Crippen LogP contribution in [0, 0.1) is 5.92 Å². The molecule has 1 aliphatic heterocycles. The first kappa shape index (κ1) is 12.6. The van der Waals surface area contributed by atoms with Crippen molar-refractivity contribution in [1.82, 2.24) is 5.32 Å². The second-order valence-corrected chi connectivity index (χ2v) is 4.83. The summed E-state index contributed by atoms with van der Waals surface area (Å²) in [5.41, 5.74) is 1.41. The monoisotopic (exact) mass is 233 g/mol. The highest BCUT2D eigenvalue weighted by molar-refractivity contribution is 5.18. The Hall–Kier alpha value is -0.860. The van der Waals surface area contributed by atoms with Crippen molar-refractivity contribution >= 4 is 0 Å². The number of ether oxygens (including phenoxy) is 1. The molecule has 0 bridgehead atoms. The third-order valence-corrected chi connectivity index (χ3v) is 3.54. The van der Waals surface area contributed by atoms with Crippen molar-refractivity contribution < 1.29 is 4.74 Å². The Kier molecular flexibility index (Phi) is 5.02. The molecule has 1 aromatic rings. The van der Waals surface area contributed by atoms with Crippen molar-refractivity contribution in [2.45, 2.75) is 32.2 Å². The minimum Gasteiger partial charge on any atom is -0.381 e. The molecule has 0 spiro atoms. The summed E-state index contributed by atoms with van der Waals surface area (Å²) in [6.45, 7) is 5.13. The van der Waals surface area contributed by atoms with E-state index in [1.807, 2.05) is 0 Å². The van der Waals surface area contributed by atoms with Gasteiger partial charge >= 0.3 is 0 Å². The van der Waals surface area contributed by atoms with Gasteiger partial charge in [0.1, 0.15) is 0 Å². The van der Waals surface area contributed by atoms with E-state index in [-0.39, 0.29) is 0 Å². The number of hydrogen-bond donors (Lipinski definition) is 1. The van der Waals surface area contributed by atoms with Crippen LogP contribution in [0.2, 0.25) is 0 Å². The zero-order valence-electron chi connectivity index (χ0n) is 10.7. The summed E-state index contributed by atoms with van der Waals surface area (Å²) in [4.78, 5) is 0. The zero-order chi connectivity index (χ0) is 11.9. The fourth-order valence-electron chi connectivity index (χ4n) is 2.53. The largest absolute Gasteiger partial charge is 0.381 e. The molecule has 1 fully saturated rings. The molecule has 1 N–H and O–H groups in total. The third-order valence-electron chi connectivity index (χ3n) is 3.54. The topological polar surface area (TPSA) is 21.3 Å². The Morgan fingerprint density at radius 1 is 1.35 bits per heavy atom. The molecule has 1 saturated heterocycles. The lowest BCUT2D eigenvalue weighted by Gasteiger charge is -2.19. The number of benzene rings is 1. The zero-order valence-corrected chi connectivity index (χ0v) is 10.7. The molecule has 0 aliphatic carbocycles. The summed E-state index contributed by atoms with van der Waals surface area (Å²) in [7, 11) is 0. The summed E-state index contributed by atoms with van der Waals surface area (Å²) >= 11 is 0. The molecule has 2 unspecified atom stereocenters. The Bertz CT molecular complexity index is 306. The SMILES string of the molecule is CCNC(CCC1CCOC1)c1ccccc1. The van der Waals surface area contributed by atoms with Gasteiger partial charge in [-0.1, -0.05) is 37.3 Å². The van der Waals surface area contributed by atoms with E-state index in [0.717, 1.165) is 25.7 Å². The van der Waals surface area contributed by atoms with Crippen LogP contribution in [0.15, 0.2) is 30.3 Å². The lowest BCUT2D eigenvalue weighted by molar-refractivity contribution is 0.183. The van der Waals surface area contributed by atoms with Crippen molar-refractivity contribution in [3.05, 3.63) is 35.9 Å². The van der Waals surface area contributed by atoms with E-state index < -0.39 is 0 Å². The van der Waals surface area contributed by atoms with Gasteiger partial charge in [0.05, 0.1) is 0 Å². The second kappa shape index (κ2) is 6.77. The van der Waals surface area contributed by atoms with Crippen LogP contribution in [0.4, 0.5) is 0 Å². The Labute approximate surface area is 104 Å². The van der Waals surface area contributed by atoms with Crippen LogP contribution in [0.5, 0.6) is 0 Å². The van der Waals surface area contributed by atoms with Crippen LogP contribution in [0.3, 0.4) is 0 Å². The highest BCUT2D eigenvalue weighted by atomic mass is 16.5. The summed E-state index contributed by atoms with van der Waals surface area (Å²) in [6.07, 6.45) is 3.73. The molecule has 2 atom stereocenters. The Morgan fingerprint density at radius 3 is 2.82 bits per heavy atom. The van der Waals surface area contributed by atoms with Crippen LogP contribution in [-0.4, -0.2) is 19.8 Å². The normalized spacial score (nSPS) is 21.6. The molecule has 1 heterocycles. The predicted molar refractivity (Wildman–Crippen MR) is 71.0 cm³/mol. The van der Waals surface area contributed by atoms with Gasteiger partial charge in [0, 0.05) is 19.3 Å². The van der Waals surface area contributed by atoms with E-state index in [2.05, 4.69) is 42.6 Å². The molecule has 0 radical (unpaired) electrons. The van der Waals surface area contributed by atoms with Gasteiger partial charge in [0.2, 0.25) is 0 Å². The lowest BCUT2D eigenvalue weighted by Crippen LogP contribution is -2.21. The van der Waals surface area contributed by atoms with E-state index in [1.165, 1.54) is 24.8 Å². The van der Waals surface area contributed by atoms with Gasteiger partial charge in [-0.05, 0) is 37.3 Å². The van der Waals surface area contributed by atoms with Crippen molar-refractivity contribution in [3.8, 4) is 0 Å². The van der Waals surface area contributed by atoms with Gasteiger partial charge in [-0.3, -0.25) is 0 Å². The molecule has 1 aliphatic rings. The van der Waals surface area contributed by atoms with Gasteiger partial charge in [-0.15, -0.1) is 0 Å². The van der Waals surface area contributed by atoms with E-state index in [4.69, 9.17) is 4.74 Å². The average molecular weight is 233 g/mol. The summed E-state index contributed by atoms with van der Waals surface area (Å²) in [6, 6.07) is 11.3. The van der Waals surface area contributed by atoms with Gasteiger partial charge in [0.15, 0.2) is 0 Å². The minimum absolute atomic E-state index is 0.502. The quantitative estimate of drug-likeness (QED) is 0.815. The van der Waals surface area contributed by atoms with Crippen molar-refractivity contribution in [1.29, 1.82) is 0 Å². The van der Waals surface area contributed by atoms with Crippen molar-refractivity contribution in [2.24, 2.45) is 5.92 Å². The Morgan fingerprint density at radius 2 is 2.18 bits per heavy atom. The van der Waals surface area contributed by atoms with Crippen LogP contribution in [-0.2, 0) is 4.74 Å². The van der Waals surface area contributed by atoms with Crippen LogP contribution < -0.4 is 5.32 Å². The Balaban J connectivity index is 1.88. The fraction of sp³-hybridized carbons (Fsp3) is 0.600. The molecule has 0 saturated carbocycles. The second-order valence-electron chi connectivity index (χ2n) is 4.83. The smallest absolute Gasteiger partial charge is 0.0495 e. The van der Waals surface area contributed by atoms with E-state index >= 15 is 0 Å². The number of rotatable bonds is 6. The number of hydrogen-bond acceptors (Lipinski definition) is 2. The van der Waals surface area contributed by atoms with Crippen molar-refractivity contribution in [2.75, 3.05) is 19.8 Å². The first-order chi connectivity index (χ1) is 8.40. The van der Waals surface area contributed by atoms with E-state index in [0.29, 0.717) is 6.04 Å². The lowest BCUT2D eigenvalue weighted by atomic mass is 9.95. The summed E-state index contributed by atoms with van der Waals surface area (Å²) in [5.74, 6) is 0.778. The van der Waals surface area contributed by atoms with Crippen molar-refractivity contribution in [3.63, 3.8) is 0 Å². The van der Waals surface area contributed by atoms with Gasteiger partial charge in [-0.25, -0.2) is 0 Å². The third kappa shape index (κ3) is 3.83. The van der Waals surface area contributed by atoms with E-state index in [1.54, 1.807) is 0 Å². The average Bonchev–Trinajstić information content (AvgIpc) is 2.88. The maximum Gasteiger partial charge on any atom is 0.0495 e. The molecule has 0 aromatic heterocycles. The summed E-state index contributed by atoms with van der Waals surface area (Å²) < 4.78 is 5.43. The maximum atomic E-state index is 5.43.